The number of hydrogen-bond acceptors (Lipinski definition) is 4. The van der Waals surface area contributed by atoms with E-state index in [1.807, 2.05) is 42.5 Å². The van der Waals surface area contributed by atoms with Crippen molar-refractivity contribution in [3.8, 4) is 0 Å². The van der Waals surface area contributed by atoms with Gasteiger partial charge in [0.05, 0.1) is 18.5 Å². The van der Waals surface area contributed by atoms with Gasteiger partial charge in [0.25, 0.3) is 0 Å². The number of hydrogen-bond donors (Lipinski definition) is 1. The lowest BCUT2D eigenvalue weighted by atomic mass is 10.0. The number of carbonyl (C=O) groups excluding carboxylic acids is 1. The van der Waals surface area contributed by atoms with E-state index in [0.29, 0.717) is 18.2 Å². The van der Waals surface area contributed by atoms with Gasteiger partial charge in [-0.15, -0.1) is 11.3 Å². The van der Waals surface area contributed by atoms with E-state index in [4.69, 9.17) is 4.42 Å². The number of carbonyl (C=O) groups is 1. The molecule has 0 saturated heterocycles. The Morgan fingerprint density at radius 2 is 1.96 bits per heavy atom. The fraction of sp³-hybridized carbons (Fsp3) is 0.300. The maximum Gasteiger partial charge on any atom is 0.324 e. The van der Waals surface area contributed by atoms with Crippen LogP contribution >= 0.6 is 11.3 Å². The second-order valence-electron chi connectivity index (χ2n) is 6.45. The zero-order valence-corrected chi connectivity index (χ0v) is 15.3. The molecule has 134 valence electrons. The SMILES string of the molecule is O=C(Nc1nc2c(s1)CCCC2)N(Cc1ccccc1)Cc1ccco1. The lowest BCUT2D eigenvalue weighted by Gasteiger charge is -2.21. The van der Waals surface area contributed by atoms with Crippen LogP contribution in [0.5, 0.6) is 0 Å². The number of fused-ring (bicyclic) bond motifs is 1. The average Bonchev–Trinajstić information content (AvgIpc) is 3.31. The van der Waals surface area contributed by atoms with Gasteiger partial charge in [-0.2, -0.15) is 0 Å². The average molecular weight is 367 g/mol. The summed E-state index contributed by atoms with van der Waals surface area (Å²) in [5.74, 6) is 0.759. The first-order valence-electron chi connectivity index (χ1n) is 8.89. The first kappa shape index (κ1) is 16.8. The van der Waals surface area contributed by atoms with Gasteiger partial charge in [-0.05, 0) is 43.4 Å². The molecule has 1 aromatic carbocycles. The summed E-state index contributed by atoms with van der Waals surface area (Å²) >= 11 is 1.60. The van der Waals surface area contributed by atoms with E-state index in [2.05, 4.69) is 10.3 Å². The Morgan fingerprint density at radius 3 is 2.73 bits per heavy atom. The summed E-state index contributed by atoms with van der Waals surface area (Å²) in [7, 11) is 0. The van der Waals surface area contributed by atoms with Gasteiger partial charge in [-0.25, -0.2) is 9.78 Å². The van der Waals surface area contributed by atoms with Gasteiger partial charge in [-0.1, -0.05) is 30.3 Å². The number of urea groups is 1. The molecule has 0 saturated carbocycles. The van der Waals surface area contributed by atoms with Gasteiger partial charge in [0, 0.05) is 11.4 Å². The standard InChI is InChI=1S/C20H21N3O2S/c24-20(22-19-21-17-10-4-5-11-18(17)26-19)23(14-16-9-6-12-25-16)13-15-7-2-1-3-8-15/h1-3,6-9,12H,4-5,10-11,13-14H2,(H,21,22,24). The van der Waals surface area contributed by atoms with Crippen LogP contribution in [0.15, 0.2) is 53.1 Å². The Hall–Kier alpha value is -2.60. The molecule has 2 heterocycles. The van der Waals surface area contributed by atoms with Crippen molar-refractivity contribution >= 4 is 22.5 Å². The third-order valence-electron chi connectivity index (χ3n) is 4.49. The lowest BCUT2D eigenvalue weighted by molar-refractivity contribution is 0.201. The molecule has 1 aliphatic carbocycles. The topological polar surface area (TPSA) is 58.4 Å². The molecule has 4 rings (SSSR count). The van der Waals surface area contributed by atoms with Crippen LogP contribution in [0.3, 0.4) is 0 Å². The van der Waals surface area contributed by atoms with Crippen molar-refractivity contribution in [2.45, 2.75) is 38.8 Å². The minimum Gasteiger partial charge on any atom is -0.467 e. The van der Waals surface area contributed by atoms with E-state index < -0.39 is 0 Å². The van der Waals surface area contributed by atoms with E-state index in [0.717, 1.165) is 29.9 Å². The Kier molecular flexibility index (Phi) is 5.02. The van der Waals surface area contributed by atoms with Crippen LogP contribution in [0.1, 0.15) is 34.7 Å². The molecule has 0 fully saturated rings. The maximum absolute atomic E-state index is 12.9. The second kappa shape index (κ2) is 7.74. The van der Waals surface area contributed by atoms with Crippen LogP contribution < -0.4 is 5.32 Å². The number of thiazole rings is 1. The number of benzene rings is 1. The molecular weight excluding hydrogens is 346 g/mol. The molecule has 0 spiro atoms. The summed E-state index contributed by atoms with van der Waals surface area (Å²) in [5, 5.41) is 3.68. The van der Waals surface area contributed by atoms with Crippen LogP contribution in [0.2, 0.25) is 0 Å². The third kappa shape index (κ3) is 3.96. The molecule has 2 aromatic heterocycles. The molecule has 1 N–H and O–H groups in total. The molecular formula is C20H21N3O2S. The normalized spacial score (nSPS) is 13.2. The summed E-state index contributed by atoms with van der Waals surface area (Å²) < 4.78 is 5.43. The zero-order chi connectivity index (χ0) is 17.8. The third-order valence-corrected chi connectivity index (χ3v) is 5.56. The van der Waals surface area contributed by atoms with Crippen LogP contribution in [0, 0.1) is 0 Å². The first-order valence-corrected chi connectivity index (χ1v) is 9.70. The van der Waals surface area contributed by atoms with Gasteiger partial charge < -0.3 is 9.32 Å². The van der Waals surface area contributed by atoms with Gasteiger partial charge in [0.15, 0.2) is 5.13 Å². The van der Waals surface area contributed by atoms with Gasteiger partial charge in [0.1, 0.15) is 5.76 Å². The van der Waals surface area contributed by atoms with Crippen LogP contribution in [0.4, 0.5) is 9.93 Å². The van der Waals surface area contributed by atoms with Crippen molar-refractivity contribution in [2.24, 2.45) is 0 Å². The highest BCUT2D eigenvalue weighted by Gasteiger charge is 2.20. The molecule has 26 heavy (non-hydrogen) atoms. The molecule has 1 aliphatic rings. The predicted octanol–water partition coefficient (Wildman–Crippen LogP) is 4.85. The zero-order valence-electron chi connectivity index (χ0n) is 14.5. The number of nitrogens with one attached hydrogen (secondary N) is 1. The number of rotatable bonds is 5. The van der Waals surface area contributed by atoms with Crippen molar-refractivity contribution in [3.63, 3.8) is 0 Å². The summed E-state index contributed by atoms with van der Waals surface area (Å²) in [4.78, 5) is 20.6. The van der Waals surface area contributed by atoms with Crippen LogP contribution in [-0.2, 0) is 25.9 Å². The van der Waals surface area contributed by atoms with E-state index in [9.17, 15) is 4.79 Å². The van der Waals surface area contributed by atoms with Crippen LogP contribution in [-0.4, -0.2) is 15.9 Å². The molecule has 6 heteroatoms. The second-order valence-corrected chi connectivity index (χ2v) is 7.53. The van der Waals surface area contributed by atoms with Gasteiger partial charge >= 0.3 is 6.03 Å². The largest absolute Gasteiger partial charge is 0.467 e. The Balaban J connectivity index is 1.50. The molecule has 0 aliphatic heterocycles. The van der Waals surface area contributed by atoms with Crippen molar-refractivity contribution in [1.29, 1.82) is 0 Å². The van der Waals surface area contributed by atoms with Crippen molar-refractivity contribution < 1.29 is 9.21 Å². The quantitative estimate of drug-likeness (QED) is 0.701. The molecule has 3 aromatic rings. The van der Waals surface area contributed by atoms with Crippen molar-refractivity contribution in [2.75, 3.05) is 5.32 Å². The molecule has 0 atom stereocenters. The molecule has 0 unspecified atom stereocenters. The smallest absolute Gasteiger partial charge is 0.324 e. The van der Waals surface area contributed by atoms with E-state index in [1.165, 1.54) is 17.7 Å². The Labute approximate surface area is 156 Å². The van der Waals surface area contributed by atoms with Crippen molar-refractivity contribution in [1.82, 2.24) is 9.88 Å². The highest BCUT2D eigenvalue weighted by Crippen LogP contribution is 2.29. The van der Waals surface area contributed by atoms with Gasteiger partial charge in [0.2, 0.25) is 0 Å². The van der Waals surface area contributed by atoms with E-state index in [1.54, 1.807) is 22.5 Å². The molecule has 0 bridgehead atoms. The summed E-state index contributed by atoms with van der Waals surface area (Å²) in [6, 6.07) is 13.5. The predicted molar refractivity (Wildman–Crippen MR) is 102 cm³/mol. The lowest BCUT2D eigenvalue weighted by Crippen LogP contribution is -2.33. The number of amides is 2. The molecule has 0 radical (unpaired) electrons. The fourth-order valence-electron chi connectivity index (χ4n) is 3.17. The number of nitrogens with zero attached hydrogens (tertiary/aromatic N) is 2. The van der Waals surface area contributed by atoms with Crippen molar-refractivity contribution in [3.05, 3.63) is 70.6 Å². The maximum atomic E-state index is 12.9. The minimum absolute atomic E-state index is 0.156. The molecule has 2 amide bonds. The molecule has 5 nitrogen and oxygen atoms in total. The summed E-state index contributed by atoms with van der Waals surface area (Å²) in [6.07, 6.45) is 6.11. The first-order chi connectivity index (χ1) is 12.8. The highest BCUT2D eigenvalue weighted by molar-refractivity contribution is 7.15. The number of aryl methyl sites for hydroxylation is 2. The Morgan fingerprint density at radius 1 is 1.12 bits per heavy atom. The minimum atomic E-state index is -0.156. The van der Waals surface area contributed by atoms with E-state index >= 15 is 0 Å². The highest BCUT2D eigenvalue weighted by atomic mass is 32.1. The summed E-state index contributed by atoms with van der Waals surface area (Å²) in [5.41, 5.74) is 2.23. The fourth-order valence-corrected chi connectivity index (χ4v) is 4.21. The number of furan rings is 1. The number of anilines is 1. The van der Waals surface area contributed by atoms with Crippen LogP contribution in [0.25, 0.3) is 0 Å². The summed E-state index contributed by atoms with van der Waals surface area (Å²) in [6.45, 7) is 0.928. The monoisotopic (exact) mass is 367 g/mol. The van der Waals surface area contributed by atoms with E-state index in [-0.39, 0.29) is 6.03 Å². The number of aromatic nitrogens is 1. The van der Waals surface area contributed by atoms with Gasteiger partial charge in [-0.3, -0.25) is 5.32 Å². The Bertz CT molecular complexity index is 835.